The van der Waals surface area contributed by atoms with E-state index in [1.165, 1.54) is 17.7 Å². The van der Waals surface area contributed by atoms with Crippen LogP contribution in [0.1, 0.15) is 24.8 Å². The standard InChI is InChI=1S/C23H26FN3O2S/c24-19-7-4-8-20(17-19)25-22(29)26-13-11-23(12-14-26)27(15-16-30-23)21(28)10-9-18-5-2-1-3-6-18/h1-8,17H,9-16H2,(H,25,29). The Bertz CT molecular complexity index is 900. The second-order valence-corrected chi connectivity index (χ2v) is 9.21. The van der Waals surface area contributed by atoms with Crippen molar-refractivity contribution in [1.29, 1.82) is 0 Å². The van der Waals surface area contributed by atoms with Gasteiger partial charge in [-0.15, -0.1) is 11.8 Å². The number of nitrogens with zero attached hydrogens (tertiary/aromatic N) is 2. The highest BCUT2D eigenvalue weighted by Gasteiger charge is 2.46. The molecule has 0 saturated carbocycles. The van der Waals surface area contributed by atoms with Crippen molar-refractivity contribution in [3.63, 3.8) is 0 Å². The van der Waals surface area contributed by atoms with Crippen LogP contribution in [0.5, 0.6) is 0 Å². The minimum atomic E-state index is -0.377. The molecule has 3 amide bonds. The van der Waals surface area contributed by atoms with Crippen LogP contribution in [0.2, 0.25) is 0 Å². The summed E-state index contributed by atoms with van der Waals surface area (Å²) in [6, 6.07) is 15.8. The maximum Gasteiger partial charge on any atom is 0.321 e. The molecule has 2 saturated heterocycles. The molecule has 2 fully saturated rings. The molecule has 158 valence electrons. The molecule has 2 heterocycles. The molecule has 2 aromatic carbocycles. The highest BCUT2D eigenvalue weighted by molar-refractivity contribution is 8.00. The summed E-state index contributed by atoms with van der Waals surface area (Å²) in [5, 5.41) is 2.76. The molecular formula is C23H26FN3O2S. The largest absolute Gasteiger partial charge is 0.327 e. The molecule has 0 bridgehead atoms. The number of aryl methyl sites for hydroxylation is 1. The Morgan fingerprint density at radius 3 is 2.53 bits per heavy atom. The second kappa shape index (κ2) is 9.08. The summed E-state index contributed by atoms with van der Waals surface area (Å²) in [6.07, 6.45) is 2.77. The van der Waals surface area contributed by atoms with E-state index < -0.39 is 0 Å². The van der Waals surface area contributed by atoms with E-state index in [0.717, 1.165) is 31.6 Å². The summed E-state index contributed by atoms with van der Waals surface area (Å²) in [4.78, 5) is 29.1. The molecule has 0 unspecified atom stereocenters. The zero-order valence-corrected chi connectivity index (χ0v) is 17.7. The van der Waals surface area contributed by atoms with Crippen LogP contribution < -0.4 is 5.32 Å². The first-order valence-corrected chi connectivity index (χ1v) is 11.3. The molecule has 2 aliphatic rings. The number of urea groups is 1. The number of anilines is 1. The number of thioether (sulfide) groups is 1. The fraction of sp³-hybridized carbons (Fsp3) is 0.391. The van der Waals surface area contributed by atoms with Crippen molar-refractivity contribution in [3.05, 3.63) is 66.0 Å². The van der Waals surface area contributed by atoms with Crippen LogP contribution in [-0.4, -0.2) is 52.0 Å². The minimum Gasteiger partial charge on any atom is -0.327 e. The molecule has 2 aliphatic heterocycles. The molecule has 0 radical (unpaired) electrons. The summed E-state index contributed by atoms with van der Waals surface area (Å²) in [6.45, 7) is 1.93. The van der Waals surface area contributed by atoms with Crippen molar-refractivity contribution in [3.8, 4) is 0 Å². The van der Waals surface area contributed by atoms with Crippen molar-refractivity contribution < 1.29 is 14.0 Å². The molecule has 0 aliphatic carbocycles. The van der Waals surface area contributed by atoms with Gasteiger partial charge in [-0.2, -0.15) is 0 Å². The first-order valence-electron chi connectivity index (χ1n) is 10.4. The van der Waals surface area contributed by atoms with Crippen molar-refractivity contribution in [2.75, 3.05) is 30.7 Å². The van der Waals surface area contributed by atoms with Gasteiger partial charge in [0.15, 0.2) is 0 Å². The maximum absolute atomic E-state index is 13.3. The lowest BCUT2D eigenvalue weighted by Crippen LogP contribution is -2.54. The van der Waals surface area contributed by atoms with Crippen LogP contribution in [0.15, 0.2) is 54.6 Å². The van der Waals surface area contributed by atoms with Gasteiger partial charge in [-0.1, -0.05) is 36.4 Å². The Labute approximate surface area is 180 Å². The van der Waals surface area contributed by atoms with Crippen molar-refractivity contribution in [1.82, 2.24) is 9.80 Å². The number of nitrogens with one attached hydrogen (secondary N) is 1. The summed E-state index contributed by atoms with van der Waals surface area (Å²) in [5.41, 5.74) is 1.63. The van der Waals surface area contributed by atoms with Gasteiger partial charge in [0.2, 0.25) is 5.91 Å². The average Bonchev–Trinajstić information content (AvgIpc) is 3.16. The SMILES string of the molecule is O=C(Nc1cccc(F)c1)N1CCC2(CC1)SCCN2C(=O)CCc1ccccc1. The summed E-state index contributed by atoms with van der Waals surface area (Å²) in [5.74, 6) is 0.756. The molecular weight excluding hydrogens is 401 g/mol. The number of carbonyl (C=O) groups is 2. The Kier molecular flexibility index (Phi) is 6.27. The number of halogens is 1. The number of hydrogen-bond acceptors (Lipinski definition) is 3. The molecule has 30 heavy (non-hydrogen) atoms. The van der Waals surface area contributed by atoms with Gasteiger partial charge in [0.05, 0.1) is 4.87 Å². The van der Waals surface area contributed by atoms with Crippen molar-refractivity contribution in [2.24, 2.45) is 0 Å². The summed E-state index contributed by atoms with van der Waals surface area (Å²) in [7, 11) is 0. The number of carbonyl (C=O) groups excluding carboxylic acids is 2. The van der Waals surface area contributed by atoms with E-state index in [-0.39, 0.29) is 22.6 Å². The lowest BCUT2D eigenvalue weighted by molar-refractivity contribution is -0.134. The molecule has 0 atom stereocenters. The lowest BCUT2D eigenvalue weighted by Gasteiger charge is -2.44. The molecule has 2 aromatic rings. The van der Waals surface area contributed by atoms with E-state index in [0.29, 0.717) is 25.2 Å². The Morgan fingerprint density at radius 2 is 1.80 bits per heavy atom. The van der Waals surface area contributed by atoms with Gasteiger partial charge < -0.3 is 15.1 Å². The van der Waals surface area contributed by atoms with Gasteiger partial charge in [-0.25, -0.2) is 9.18 Å². The number of piperidine rings is 1. The molecule has 1 spiro atoms. The van der Waals surface area contributed by atoms with Crippen LogP contribution in [0.4, 0.5) is 14.9 Å². The molecule has 1 N–H and O–H groups in total. The van der Waals surface area contributed by atoms with Gasteiger partial charge in [0.25, 0.3) is 0 Å². The monoisotopic (exact) mass is 427 g/mol. The number of likely N-dealkylation sites (tertiary alicyclic amines) is 1. The van der Waals surface area contributed by atoms with E-state index in [4.69, 9.17) is 0 Å². The maximum atomic E-state index is 13.3. The predicted octanol–water partition coefficient (Wildman–Crippen LogP) is 4.36. The van der Waals surface area contributed by atoms with Crippen LogP contribution in [0.3, 0.4) is 0 Å². The van der Waals surface area contributed by atoms with E-state index in [2.05, 4.69) is 17.4 Å². The summed E-state index contributed by atoms with van der Waals surface area (Å²) >= 11 is 1.84. The fourth-order valence-corrected chi connectivity index (χ4v) is 5.71. The zero-order valence-electron chi connectivity index (χ0n) is 16.9. The van der Waals surface area contributed by atoms with Gasteiger partial charge in [0.1, 0.15) is 5.82 Å². The van der Waals surface area contributed by atoms with E-state index in [9.17, 15) is 14.0 Å². The highest BCUT2D eigenvalue weighted by Crippen LogP contribution is 2.44. The van der Waals surface area contributed by atoms with Gasteiger partial charge >= 0.3 is 6.03 Å². The van der Waals surface area contributed by atoms with Crippen LogP contribution in [-0.2, 0) is 11.2 Å². The molecule has 5 nitrogen and oxygen atoms in total. The van der Waals surface area contributed by atoms with Gasteiger partial charge in [-0.3, -0.25) is 4.79 Å². The van der Waals surface area contributed by atoms with Gasteiger partial charge in [0, 0.05) is 37.5 Å². The fourth-order valence-electron chi connectivity index (χ4n) is 4.23. The van der Waals surface area contributed by atoms with Crippen LogP contribution in [0.25, 0.3) is 0 Å². The zero-order chi connectivity index (χ0) is 21.0. The Hall–Kier alpha value is -2.54. The normalized spacial score (nSPS) is 17.9. The lowest BCUT2D eigenvalue weighted by atomic mass is 10.0. The van der Waals surface area contributed by atoms with Crippen LogP contribution >= 0.6 is 11.8 Å². The Balaban J connectivity index is 1.33. The molecule has 0 aromatic heterocycles. The Morgan fingerprint density at radius 1 is 1.03 bits per heavy atom. The van der Waals surface area contributed by atoms with Crippen LogP contribution in [0, 0.1) is 5.82 Å². The third kappa shape index (κ3) is 4.61. The number of rotatable bonds is 4. The highest BCUT2D eigenvalue weighted by atomic mass is 32.2. The third-order valence-electron chi connectivity index (χ3n) is 5.86. The predicted molar refractivity (Wildman–Crippen MR) is 118 cm³/mol. The van der Waals surface area contributed by atoms with E-state index in [1.54, 1.807) is 17.0 Å². The summed E-state index contributed by atoms with van der Waals surface area (Å²) < 4.78 is 13.3. The van der Waals surface area contributed by atoms with E-state index in [1.807, 2.05) is 34.9 Å². The molecule has 7 heteroatoms. The average molecular weight is 428 g/mol. The van der Waals surface area contributed by atoms with Gasteiger partial charge in [-0.05, 0) is 43.0 Å². The number of benzene rings is 2. The van der Waals surface area contributed by atoms with E-state index >= 15 is 0 Å². The molecule has 4 rings (SSSR count). The first-order chi connectivity index (χ1) is 14.6. The van der Waals surface area contributed by atoms with Crippen molar-refractivity contribution >= 4 is 29.4 Å². The first kappa shape index (κ1) is 20.7. The van der Waals surface area contributed by atoms with Crippen molar-refractivity contribution in [2.45, 2.75) is 30.6 Å². The number of amides is 3. The number of hydrogen-bond donors (Lipinski definition) is 1. The third-order valence-corrected chi connectivity index (χ3v) is 7.41. The minimum absolute atomic E-state index is 0.196. The topological polar surface area (TPSA) is 52.7 Å². The smallest absolute Gasteiger partial charge is 0.321 e. The second-order valence-electron chi connectivity index (χ2n) is 7.75. The quantitative estimate of drug-likeness (QED) is 0.789.